The van der Waals surface area contributed by atoms with Gasteiger partial charge in [-0.15, -0.1) is 0 Å². The lowest BCUT2D eigenvalue weighted by atomic mass is 10.0. The molecule has 83 heavy (non-hydrogen) atoms. The van der Waals surface area contributed by atoms with Crippen molar-refractivity contribution in [1.29, 1.82) is 0 Å². The lowest BCUT2D eigenvalue weighted by Crippen LogP contribution is -2.30. The summed E-state index contributed by atoms with van der Waals surface area (Å²) in [6.07, 6.45) is 96.4. The molecule has 0 heterocycles. The van der Waals surface area contributed by atoms with Crippen LogP contribution in [0.15, 0.2) is 97.2 Å². The molecule has 478 valence electrons. The average molecular weight is 1160 g/mol. The Balaban J connectivity index is 3.95. The van der Waals surface area contributed by atoms with Gasteiger partial charge in [0.2, 0.25) is 0 Å². The molecule has 0 N–H and O–H groups in total. The number of carbonyl (C=O) groups excluding carboxylic acids is 3. The Morgan fingerprint density at radius 3 is 0.735 bits per heavy atom. The predicted octanol–water partition coefficient (Wildman–Crippen LogP) is 24.8. The fourth-order valence-corrected chi connectivity index (χ4v) is 10.2. The molecule has 0 bridgehead atoms. The van der Waals surface area contributed by atoms with E-state index >= 15 is 0 Å². The first-order valence-electron chi connectivity index (χ1n) is 35.7. The average Bonchev–Trinajstić information content (AvgIpc) is 3.49. The van der Waals surface area contributed by atoms with E-state index in [1.165, 1.54) is 205 Å². The normalized spacial score (nSPS) is 12.7. The van der Waals surface area contributed by atoms with Crippen molar-refractivity contribution in [3.8, 4) is 0 Å². The van der Waals surface area contributed by atoms with Crippen LogP contribution in [0.5, 0.6) is 0 Å². The fraction of sp³-hybridized carbons (Fsp3) is 0.753. The van der Waals surface area contributed by atoms with E-state index in [9.17, 15) is 14.4 Å². The molecule has 0 saturated carbocycles. The largest absolute Gasteiger partial charge is 0.462 e. The van der Waals surface area contributed by atoms with E-state index in [-0.39, 0.29) is 31.1 Å². The van der Waals surface area contributed by atoms with Crippen LogP contribution in [-0.2, 0) is 28.6 Å². The molecule has 0 aliphatic rings. The molecule has 0 radical (unpaired) electrons. The highest BCUT2D eigenvalue weighted by molar-refractivity contribution is 5.71. The van der Waals surface area contributed by atoms with Crippen LogP contribution >= 0.6 is 0 Å². The minimum absolute atomic E-state index is 0.0735. The summed E-state index contributed by atoms with van der Waals surface area (Å²) in [7, 11) is 0. The molecular formula is C77H134O6. The molecule has 0 aromatic rings. The van der Waals surface area contributed by atoms with Crippen molar-refractivity contribution in [2.45, 2.75) is 361 Å². The zero-order chi connectivity index (χ0) is 59.9. The minimum atomic E-state index is -0.773. The third-order valence-electron chi connectivity index (χ3n) is 15.6. The summed E-state index contributed by atoms with van der Waals surface area (Å²) in [4.78, 5) is 38.0. The molecule has 6 heteroatoms. The van der Waals surface area contributed by atoms with Gasteiger partial charge < -0.3 is 14.2 Å². The van der Waals surface area contributed by atoms with Crippen LogP contribution in [-0.4, -0.2) is 37.2 Å². The zero-order valence-electron chi connectivity index (χ0n) is 54.9. The number of hydrogen-bond donors (Lipinski definition) is 0. The van der Waals surface area contributed by atoms with Crippen molar-refractivity contribution in [2.24, 2.45) is 0 Å². The van der Waals surface area contributed by atoms with Gasteiger partial charge in [-0.3, -0.25) is 14.4 Å². The molecule has 0 rings (SSSR count). The number of esters is 3. The van der Waals surface area contributed by atoms with Gasteiger partial charge in [0.25, 0.3) is 0 Å². The SMILES string of the molecule is CC/C=C\C/C=C\C/C=C\C/C=C\C/C=C\C/C=C\CCCCCCCCCCCCCCCCCCC(=O)OCC(COC(=O)CCCCCCC)OC(=O)CCCCCCCCCCCCCCC/C=C\C/C=C\CCCCCCC. The van der Waals surface area contributed by atoms with Gasteiger partial charge >= 0.3 is 17.9 Å². The maximum absolute atomic E-state index is 12.9. The molecule has 6 nitrogen and oxygen atoms in total. The van der Waals surface area contributed by atoms with E-state index < -0.39 is 6.10 Å². The lowest BCUT2D eigenvalue weighted by Gasteiger charge is -2.18. The Bertz CT molecular complexity index is 1610. The fourth-order valence-electron chi connectivity index (χ4n) is 10.2. The molecule has 0 spiro atoms. The Hall–Kier alpha value is -3.67. The number of allylic oxidation sites excluding steroid dienone is 16. The first-order valence-corrected chi connectivity index (χ1v) is 35.7. The third-order valence-corrected chi connectivity index (χ3v) is 15.6. The second kappa shape index (κ2) is 70.8. The van der Waals surface area contributed by atoms with Crippen LogP contribution in [0.25, 0.3) is 0 Å². The van der Waals surface area contributed by atoms with Crippen LogP contribution in [0.1, 0.15) is 355 Å². The van der Waals surface area contributed by atoms with Gasteiger partial charge in [0.15, 0.2) is 6.10 Å². The number of rotatable bonds is 65. The summed E-state index contributed by atoms with van der Waals surface area (Å²) in [5.74, 6) is -0.873. The summed E-state index contributed by atoms with van der Waals surface area (Å²) in [6.45, 7) is 6.47. The van der Waals surface area contributed by atoms with E-state index in [1.807, 2.05) is 0 Å². The summed E-state index contributed by atoms with van der Waals surface area (Å²) in [5, 5.41) is 0. The third kappa shape index (κ3) is 69.0. The van der Waals surface area contributed by atoms with E-state index in [1.54, 1.807) is 0 Å². The standard InChI is InChI=1S/C77H134O6/c1-4-7-10-13-15-17-19-21-23-25-27-29-31-33-34-35-36-37-38-39-40-41-42-44-45-47-49-51-53-55-57-59-61-64-67-70-76(79)82-73-74(72-81-75(78)69-66-63-12-9-6-3)83-77(80)71-68-65-62-60-58-56-54-52-50-48-46-43-32-30-28-26-24-22-20-18-16-14-11-8-5-2/h7,10,15,17,20-23,26-29,33-34,36-37,74H,4-6,8-9,11-14,16,18-19,24-25,30-32,35,38-73H2,1-3H3/b10-7-,17-15-,22-20-,23-21-,28-26-,29-27-,34-33-,37-36-. The summed E-state index contributed by atoms with van der Waals surface area (Å²) >= 11 is 0. The van der Waals surface area contributed by atoms with Gasteiger partial charge in [0, 0.05) is 19.3 Å². The Kier molecular flexibility index (Phi) is 67.7. The second-order valence-electron chi connectivity index (χ2n) is 23.8. The van der Waals surface area contributed by atoms with E-state index in [0.717, 1.165) is 109 Å². The maximum atomic E-state index is 12.9. The van der Waals surface area contributed by atoms with E-state index in [0.29, 0.717) is 19.3 Å². The first kappa shape index (κ1) is 79.3. The molecule has 1 atom stereocenters. The van der Waals surface area contributed by atoms with Crippen LogP contribution < -0.4 is 0 Å². The maximum Gasteiger partial charge on any atom is 0.306 e. The molecule has 0 aliphatic carbocycles. The van der Waals surface area contributed by atoms with E-state index in [4.69, 9.17) is 14.2 Å². The predicted molar refractivity (Wildman–Crippen MR) is 362 cm³/mol. The van der Waals surface area contributed by atoms with Gasteiger partial charge in [-0.05, 0) is 103 Å². The number of ether oxygens (including phenoxy) is 3. The highest BCUT2D eigenvalue weighted by atomic mass is 16.6. The van der Waals surface area contributed by atoms with Crippen LogP contribution in [0.4, 0.5) is 0 Å². The van der Waals surface area contributed by atoms with Crippen molar-refractivity contribution in [3.05, 3.63) is 97.2 Å². The number of unbranched alkanes of at least 4 members (excludes halogenated alkanes) is 38. The molecule has 0 aromatic heterocycles. The summed E-state index contributed by atoms with van der Waals surface area (Å²) < 4.78 is 16.8. The highest BCUT2D eigenvalue weighted by Crippen LogP contribution is 2.18. The monoisotopic (exact) mass is 1160 g/mol. The number of carbonyl (C=O) groups is 3. The summed E-state index contributed by atoms with van der Waals surface area (Å²) in [5.41, 5.74) is 0. The van der Waals surface area contributed by atoms with Crippen molar-refractivity contribution in [1.82, 2.24) is 0 Å². The molecule has 0 saturated heterocycles. The van der Waals surface area contributed by atoms with Gasteiger partial charge in [-0.2, -0.15) is 0 Å². The smallest absolute Gasteiger partial charge is 0.306 e. The summed E-state index contributed by atoms with van der Waals surface area (Å²) in [6, 6.07) is 0. The van der Waals surface area contributed by atoms with Crippen LogP contribution in [0.2, 0.25) is 0 Å². The molecule has 0 amide bonds. The molecule has 0 fully saturated rings. The lowest BCUT2D eigenvalue weighted by molar-refractivity contribution is -0.167. The zero-order valence-corrected chi connectivity index (χ0v) is 54.9. The first-order chi connectivity index (χ1) is 41.0. The van der Waals surface area contributed by atoms with Gasteiger partial charge in [0.05, 0.1) is 0 Å². The van der Waals surface area contributed by atoms with Crippen molar-refractivity contribution >= 4 is 17.9 Å². The highest BCUT2D eigenvalue weighted by Gasteiger charge is 2.19. The van der Waals surface area contributed by atoms with E-state index in [2.05, 4.69) is 118 Å². The quantitative estimate of drug-likeness (QED) is 0.0261. The Morgan fingerprint density at radius 2 is 0.470 bits per heavy atom. The van der Waals surface area contributed by atoms with Crippen molar-refractivity contribution < 1.29 is 28.6 Å². The number of hydrogen-bond acceptors (Lipinski definition) is 6. The van der Waals surface area contributed by atoms with Gasteiger partial charge in [0.1, 0.15) is 13.2 Å². The minimum Gasteiger partial charge on any atom is -0.462 e. The topological polar surface area (TPSA) is 78.9 Å². The van der Waals surface area contributed by atoms with Gasteiger partial charge in [-0.25, -0.2) is 0 Å². The molecular weight excluding hydrogens is 1020 g/mol. The molecule has 0 aliphatic heterocycles. The van der Waals surface area contributed by atoms with Crippen molar-refractivity contribution in [3.63, 3.8) is 0 Å². The molecule has 1 unspecified atom stereocenters. The Morgan fingerprint density at radius 1 is 0.253 bits per heavy atom. The van der Waals surface area contributed by atoms with Crippen LogP contribution in [0, 0.1) is 0 Å². The molecule has 0 aromatic carbocycles. The van der Waals surface area contributed by atoms with Crippen molar-refractivity contribution in [2.75, 3.05) is 13.2 Å². The van der Waals surface area contributed by atoms with Gasteiger partial charge in [-0.1, -0.05) is 330 Å². The van der Waals surface area contributed by atoms with Crippen LogP contribution in [0.3, 0.4) is 0 Å². The second-order valence-corrected chi connectivity index (χ2v) is 23.8. The Labute approximate surface area is 515 Å².